The molecule has 0 aromatic carbocycles. The van der Waals surface area contributed by atoms with Crippen LogP contribution in [0.3, 0.4) is 0 Å². The van der Waals surface area contributed by atoms with Crippen LogP contribution in [0, 0.1) is 10.8 Å². The summed E-state index contributed by atoms with van der Waals surface area (Å²) in [6, 6.07) is 0. The van der Waals surface area contributed by atoms with Gasteiger partial charge in [-0.2, -0.15) is 0 Å². The first kappa shape index (κ1) is 10.8. The highest BCUT2D eigenvalue weighted by Crippen LogP contribution is 2.44. The van der Waals surface area contributed by atoms with E-state index in [9.17, 15) is 0 Å². The summed E-state index contributed by atoms with van der Waals surface area (Å²) in [5.41, 5.74) is 1.03. The number of hydrogen-bond donors (Lipinski definition) is 2. The second kappa shape index (κ2) is 3.14. The van der Waals surface area contributed by atoms with Crippen LogP contribution >= 0.6 is 0 Å². The molecule has 0 heterocycles. The quantitative estimate of drug-likeness (QED) is 0.606. The molecule has 1 aliphatic carbocycles. The largest absolute Gasteiger partial charge is 0.483 e. The van der Waals surface area contributed by atoms with E-state index < -0.39 is 7.12 Å². The standard InChI is InChI=1S/C10H19BO2/c1-9(2)5-8(11(12)13)6-10(3,4)7-9/h5,12-13H,6-7H2,1-4H3. The molecule has 2 N–H and O–H groups in total. The lowest BCUT2D eigenvalue weighted by molar-refractivity contribution is 0.215. The Morgan fingerprint density at radius 3 is 2.15 bits per heavy atom. The normalized spacial score (nSPS) is 25.2. The van der Waals surface area contributed by atoms with Gasteiger partial charge in [0.2, 0.25) is 0 Å². The smallest absolute Gasteiger partial charge is 0.423 e. The average molecular weight is 182 g/mol. The van der Waals surface area contributed by atoms with E-state index in [1.807, 2.05) is 6.08 Å². The summed E-state index contributed by atoms with van der Waals surface area (Å²) < 4.78 is 0. The summed E-state index contributed by atoms with van der Waals surface area (Å²) >= 11 is 0. The number of rotatable bonds is 1. The van der Waals surface area contributed by atoms with E-state index in [2.05, 4.69) is 27.7 Å². The molecule has 0 fully saturated rings. The van der Waals surface area contributed by atoms with Crippen molar-refractivity contribution in [3.8, 4) is 0 Å². The maximum atomic E-state index is 9.13. The highest BCUT2D eigenvalue weighted by atomic mass is 16.4. The maximum absolute atomic E-state index is 9.13. The molecule has 1 aliphatic rings. The predicted octanol–water partition coefficient (Wildman–Crippen LogP) is 1.77. The topological polar surface area (TPSA) is 40.5 Å². The summed E-state index contributed by atoms with van der Waals surface area (Å²) in [6.07, 6.45) is 3.88. The van der Waals surface area contributed by atoms with Gasteiger partial charge in [-0.15, -0.1) is 0 Å². The van der Waals surface area contributed by atoms with Gasteiger partial charge in [0.15, 0.2) is 0 Å². The third-order valence-electron chi connectivity index (χ3n) is 2.52. The zero-order valence-electron chi connectivity index (χ0n) is 8.96. The number of allylic oxidation sites excluding steroid dienone is 2. The Kier molecular flexibility index (Phi) is 2.61. The molecule has 0 saturated heterocycles. The van der Waals surface area contributed by atoms with Gasteiger partial charge in [-0.3, -0.25) is 0 Å². The molecule has 0 bridgehead atoms. The summed E-state index contributed by atoms with van der Waals surface area (Å²) in [4.78, 5) is 0. The van der Waals surface area contributed by atoms with E-state index >= 15 is 0 Å². The van der Waals surface area contributed by atoms with Crippen LogP contribution in [0.4, 0.5) is 0 Å². The van der Waals surface area contributed by atoms with Gasteiger partial charge in [-0.05, 0) is 29.1 Å². The minimum atomic E-state index is -1.28. The Balaban J connectivity index is 2.93. The van der Waals surface area contributed by atoms with Crippen molar-refractivity contribution in [2.24, 2.45) is 10.8 Å². The Morgan fingerprint density at radius 2 is 1.77 bits per heavy atom. The van der Waals surface area contributed by atoms with Gasteiger partial charge in [-0.25, -0.2) is 0 Å². The minimum absolute atomic E-state index is 0.0841. The molecule has 0 amide bonds. The monoisotopic (exact) mass is 182 g/mol. The van der Waals surface area contributed by atoms with E-state index in [4.69, 9.17) is 10.0 Å². The fourth-order valence-corrected chi connectivity index (χ4v) is 2.62. The van der Waals surface area contributed by atoms with Gasteiger partial charge < -0.3 is 10.0 Å². The zero-order valence-corrected chi connectivity index (χ0v) is 8.96. The molecule has 13 heavy (non-hydrogen) atoms. The van der Waals surface area contributed by atoms with Crippen molar-refractivity contribution in [1.82, 2.24) is 0 Å². The van der Waals surface area contributed by atoms with Crippen LogP contribution in [0.1, 0.15) is 40.5 Å². The van der Waals surface area contributed by atoms with Crippen molar-refractivity contribution in [2.75, 3.05) is 0 Å². The first-order valence-corrected chi connectivity index (χ1v) is 4.80. The Hall–Kier alpha value is -0.275. The third kappa shape index (κ3) is 2.85. The van der Waals surface area contributed by atoms with Gasteiger partial charge >= 0.3 is 7.12 Å². The van der Waals surface area contributed by atoms with Crippen molar-refractivity contribution < 1.29 is 10.0 Å². The number of hydrogen-bond acceptors (Lipinski definition) is 2. The van der Waals surface area contributed by atoms with Crippen molar-refractivity contribution in [3.63, 3.8) is 0 Å². The highest BCUT2D eigenvalue weighted by molar-refractivity contribution is 6.50. The van der Waals surface area contributed by atoms with Crippen molar-refractivity contribution in [2.45, 2.75) is 40.5 Å². The Morgan fingerprint density at radius 1 is 1.23 bits per heavy atom. The first-order valence-electron chi connectivity index (χ1n) is 4.80. The molecule has 0 aromatic rings. The summed E-state index contributed by atoms with van der Waals surface area (Å²) in [7, 11) is -1.28. The molecule has 0 atom stereocenters. The molecule has 0 radical (unpaired) electrons. The van der Waals surface area contributed by atoms with E-state index in [1.54, 1.807) is 0 Å². The summed E-state index contributed by atoms with van der Waals surface area (Å²) in [5.74, 6) is 0. The molecular weight excluding hydrogens is 163 g/mol. The van der Waals surface area contributed by atoms with Crippen molar-refractivity contribution in [3.05, 3.63) is 11.5 Å². The second-order valence-electron chi connectivity index (χ2n) is 5.60. The van der Waals surface area contributed by atoms with Crippen molar-refractivity contribution in [1.29, 1.82) is 0 Å². The highest BCUT2D eigenvalue weighted by Gasteiger charge is 2.36. The first-order chi connectivity index (χ1) is 5.72. The van der Waals surface area contributed by atoms with E-state index in [1.165, 1.54) is 0 Å². The van der Waals surface area contributed by atoms with Crippen LogP contribution in [0.2, 0.25) is 0 Å². The van der Waals surface area contributed by atoms with Crippen LogP contribution in [0.5, 0.6) is 0 Å². The molecule has 0 saturated carbocycles. The fraction of sp³-hybridized carbons (Fsp3) is 0.800. The molecule has 0 unspecified atom stereocenters. The average Bonchev–Trinajstić information content (AvgIpc) is 1.79. The SMILES string of the molecule is CC1(C)C=C(B(O)O)CC(C)(C)C1. The molecular formula is C10H19BO2. The van der Waals surface area contributed by atoms with Gasteiger partial charge in [0.05, 0.1) is 0 Å². The minimum Gasteiger partial charge on any atom is -0.423 e. The fourth-order valence-electron chi connectivity index (χ4n) is 2.62. The van der Waals surface area contributed by atoms with Gasteiger partial charge in [0, 0.05) is 0 Å². The lowest BCUT2D eigenvalue weighted by atomic mass is 9.59. The van der Waals surface area contributed by atoms with Crippen LogP contribution in [-0.4, -0.2) is 17.2 Å². The molecule has 74 valence electrons. The third-order valence-corrected chi connectivity index (χ3v) is 2.52. The summed E-state index contributed by atoms with van der Waals surface area (Å²) in [5, 5.41) is 18.3. The maximum Gasteiger partial charge on any atom is 0.483 e. The molecule has 0 spiro atoms. The van der Waals surface area contributed by atoms with E-state index in [0.717, 1.165) is 18.3 Å². The molecule has 0 aliphatic heterocycles. The van der Waals surface area contributed by atoms with E-state index in [-0.39, 0.29) is 10.8 Å². The lowest BCUT2D eigenvalue weighted by Gasteiger charge is -2.39. The molecule has 2 nitrogen and oxygen atoms in total. The van der Waals surface area contributed by atoms with Crippen LogP contribution in [-0.2, 0) is 0 Å². The molecule has 3 heteroatoms. The lowest BCUT2D eigenvalue weighted by Crippen LogP contribution is -2.32. The van der Waals surface area contributed by atoms with Crippen LogP contribution in [0.25, 0.3) is 0 Å². The predicted molar refractivity (Wildman–Crippen MR) is 55.1 cm³/mol. The van der Waals surface area contributed by atoms with Crippen LogP contribution in [0.15, 0.2) is 11.5 Å². The van der Waals surface area contributed by atoms with Gasteiger partial charge in [0.25, 0.3) is 0 Å². The zero-order chi connectivity index (χ0) is 10.3. The summed E-state index contributed by atoms with van der Waals surface area (Å²) in [6.45, 7) is 8.61. The molecule has 1 rings (SSSR count). The Bertz CT molecular complexity index is 229. The van der Waals surface area contributed by atoms with Gasteiger partial charge in [-0.1, -0.05) is 33.8 Å². The van der Waals surface area contributed by atoms with Crippen LogP contribution < -0.4 is 0 Å². The van der Waals surface area contributed by atoms with Gasteiger partial charge in [0.1, 0.15) is 0 Å². The van der Waals surface area contributed by atoms with E-state index in [0.29, 0.717) is 0 Å². The second-order valence-corrected chi connectivity index (χ2v) is 5.60. The Labute approximate surface area is 80.8 Å². The van der Waals surface area contributed by atoms with Crippen molar-refractivity contribution >= 4 is 7.12 Å². The molecule has 0 aromatic heterocycles.